The lowest BCUT2D eigenvalue weighted by atomic mass is 9.98. The second kappa shape index (κ2) is 11.6. The lowest BCUT2D eigenvalue weighted by Crippen LogP contribution is -2.39. The molecule has 11 heteroatoms. The van der Waals surface area contributed by atoms with Crippen molar-refractivity contribution in [3.8, 4) is 5.75 Å². The fraction of sp³-hybridized carbons (Fsp3) is 0.367. The summed E-state index contributed by atoms with van der Waals surface area (Å²) in [5, 5.41) is 2.03. The van der Waals surface area contributed by atoms with Gasteiger partial charge in [0, 0.05) is 12.6 Å². The van der Waals surface area contributed by atoms with E-state index in [1.807, 2.05) is 49.4 Å². The van der Waals surface area contributed by atoms with E-state index in [2.05, 4.69) is 4.18 Å². The topological polar surface area (TPSA) is 82.1 Å². The van der Waals surface area contributed by atoms with Crippen molar-refractivity contribution in [2.45, 2.75) is 63.8 Å². The molecular formula is C30H32F3NO6S. The molecule has 0 radical (unpaired) electrons. The minimum absolute atomic E-state index is 0.0940. The first-order valence-corrected chi connectivity index (χ1v) is 14.5. The number of hydrogen-bond donors (Lipinski definition) is 0. The number of nitrogens with zero attached hydrogens (tertiary/aromatic N) is 1. The normalized spacial score (nSPS) is 16.3. The Labute approximate surface area is 237 Å². The predicted octanol–water partition coefficient (Wildman–Crippen LogP) is 7.59. The van der Waals surface area contributed by atoms with Crippen molar-refractivity contribution in [2.24, 2.45) is 0 Å². The van der Waals surface area contributed by atoms with Gasteiger partial charge in [-0.1, -0.05) is 54.6 Å². The molecule has 0 spiro atoms. The van der Waals surface area contributed by atoms with Crippen LogP contribution in [0.2, 0.25) is 0 Å². The Morgan fingerprint density at radius 1 is 1.00 bits per heavy atom. The number of rotatable bonds is 8. The van der Waals surface area contributed by atoms with Crippen molar-refractivity contribution in [2.75, 3.05) is 6.54 Å². The number of carbonyl (C=O) groups excluding carboxylic acids is 1. The average molecular weight is 592 g/mol. The van der Waals surface area contributed by atoms with Gasteiger partial charge in [0.15, 0.2) is 5.76 Å². The van der Waals surface area contributed by atoms with Crippen LogP contribution in [0.1, 0.15) is 57.7 Å². The molecule has 3 aromatic rings. The molecule has 1 aliphatic rings. The van der Waals surface area contributed by atoms with Crippen LogP contribution in [0.5, 0.6) is 5.75 Å². The van der Waals surface area contributed by atoms with Gasteiger partial charge >= 0.3 is 21.7 Å². The van der Waals surface area contributed by atoms with Crippen LogP contribution in [0, 0.1) is 0 Å². The molecule has 0 bridgehead atoms. The number of hydrogen-bond acceptors (Lipinski definition) is 6. The third-order valence-electron chi connectivity index (χ3n) is 6.51. The molecule has 0 N–H and O–H groups in total. The number of halogens is 3. The van der Waals surface area contributed by atoms with Gasteiger partial charge in [-0.15, -0.1) is 0 Å². The number of carbonyl (C=O) groups is 1. The van der Waals surface area contributed by atoms with E-state index in [9.17, 15) is 26.4 Å². The number of fused-ring (bicyclic) bond motifs is 2. The Morgan fingerprint density at radius 2 is 1.66 bits per heavy atom. The first-order chi connectivity index (χ1) is 19.2. The summed E-state index contributed by atoms with van der Waals surface area (Å²) >= 11 is 0. The molecule has 0 aliphatic carbocycles. The molecule has 1 amide bonds. The Kier molecular flexibility index (Phi) is 8.58. The Balaban J connectivity index is 1.56. The maximum absolute atomic E-state index is 13.3. The van der Waals surface area contributed by atoms with Gasteiger partial charge in [0.25, 0.3) is 0 Å². The number of para-hydroxylation sites is 1. The zero-order valence-electron chi connectivity index (χ0n) is 23.1. The summed E-state index contributed by atoms with van der Waals surface area (Å²) in [7, 11) is -5.88. The average Bonchev–Trinajstić information content (AvgIpc) is 2.88. The quantitative estimate of drug-likeness (QED) is 0.198. The highest BCUT2D eigenvalue weighted by molar-refractivity contribution is 7.87. The molecule has 4 rings (SSSR count). The van der Waals surface area contributed by atoms with Crippen LogP contribution in [-0.4, -0.2) is 43.2 Å². The summed E-state index contributed by atoms with van der Waals surface area (Å²) in [6, 6.07) is 19.5. The van der Waals surface area contributed by atoms with Crippen LogP contribution in [-0.2, 0) is 19.0 Å². The molecule has 2 atom stereocenters. The predicted molar refractivity (Wildman–Crippen MR) is 149 cm³/mol. The molecule has 41 heavy (non-hydrogen) atoms. The Hall–Kier alpha value is -3.73. The van der Waals surface area contributed by atoms with Crippen LogP contribution in [0.4, 0.5) is 18.0 Å². The lowest BCUT2D eigenvalue weighted by Gasteiger charge is -2.33. The van der Waals surface area contributed by atoms with Gasteiger partial charge in [0.1, 0.15) is 17.5 Å². The van der Waals surface area contributed by atoms with E-state index in [0.29, 0.717) is 6.42 Å². The van der Waals surface area contributed by atoms with Crippen molar-refractivity contribution in [1.29, 1.82) is 0 Å². The molecule has 0 aromatic heterocycles. The summed E-state index contributed by atoms with van der Waals surface area (Å²) in [4.78, 5) is 14.9. The van der Waals surface area contributed by atoms with Crippen molar-refractivity contribution in [3.63, 3.8) is 0 Å². The van der Waals surface area contributed by atoms with Gasteiger partial charge in [0.05, 0.1) is 11.6 Å². The molecule has 3 aromatic carbocycles. The number of alkyl halides is 3. The van der Waals surface area contributed by atoms with Gasteiger partial charge in [-0.25, -0.2) is 4.79 Å². The maximum atomic E-state index is 13.3. The van der Waals surface area contributed by atoms with Crippen molar-refractivity contribution in [3.05, 3.63) is 83.9 Å². The van der Waals surface area contributed by atoms with Crippen molar-refractivity contribution < 1.29 is 40.0 Å². The van der Waals surface area contributed by atoms with Gasteiger partial charge in [0.2, 0.25) is 0 Å². The van der Waals surface area contributed by atoms with Gasteiger partial charge in [-0.05, 0) is 69.0 Å². The summed E-state index contributed by atoms with van der Waals surface area (Å²) in [5.74, 6) is -0.261. The van der Waals surface area contributed by atoms with Crippen LogP contribution in [0.3, 0.4) is 0 Å². The monoisotopic (exact) mass is 591 g/mol. The molecule has 0 fully saturated rings. The Bertz CT molecular complexity index is 1540. The molecule has 1 heterocycles. The van der Waals surface area contributed by atoms with E-state index in [4.69, 9.17) is 9.47 Å². The maximum Gasteiger partial charge on any atom is 0.534 e. The molecule has 7 nitrogen and oxygen atoms in total. The van der Waals surface area contributed by atoms with E-state index < -0.39 is 39.2 Å². The van der Waals surface area contributed by atoms with E-state index >= 15 is 0 Å². The molecule has 1 unspecified atom stereocenters. The molecule has 0 saturated heterocycles. The van der Waals surface area contributed by atoms with Crippen LogP contribution in [0.15, 0.2) is 72.8 Å². The fourth-order valence-corrected chi connectivity index (χ4v) is 5.09. The minimum atomic E-state index is -5.88. The second-order valence-electron chi connectivity index (χ2n) is 10.7. The highest BCUT2D eigenvalue weighted by Gasteiger charge is 2.49. The second-order valence-corrected chi connectivity index (χ2v) is 12.3. The standard InChI is InChI=1S/C30H32F3NO6S/c1-20(23-16-9-12-21-11-5-6-14-24(21)23)34(28(35)39-29(2,3)4)18-10-13-22-19-27(40-41(36,37)30(31,32)33)25-15-7-8-17-26(25)38-22/h5-9,11-12,14-17,19-20,22H,10,13,18H2,1-4H3/t20-,22?/m1/s1. The zero-order valence-corrected chi connectivity index (χ0v) is 24.0. The molecule has 0 saturated carbocycles. The van der Waals surface area contributed by atoms with Gasteiger partial charge in [-0.3, -0.25) is 0 Å². The van der Waals surface area contributed by atoms with Gasteiger partial charge < -0.3 is 18.6 Å². The first-order valence-electron chi connectivity index (χ1n) is 13.1. The van der Waals surface area contributed by atoms with Crippen LogP contribution >= 0.6 is 0 Å². The van der Waals surface area contributed by atoms with Gasteiger partial charge in [-0.2, -0.15) is 21.6 Å². The first kappa shape index (κ1) is 30.2. The smallest absolute Gasteiger partial charge is 0.485 e. The Morgan fingerprint density at radius 3 is 2.37 bits per heavy atom. The molecule has 220 valence electrons. The number of amides is 1. The largest absolute Gasteiger partial charge is 0.534 e. The SMILES string of the molecule is C[C@H](c1cccc2ccccc12)N(CCCC1C=C(OS(=O)(=O)C(F)(F)F)c2ccccc2O1)C(=O)OC(C)(C)C. The van der Waals surface area contributed by atoms with Crippen LogP contribution < -0.4 is 4.74 Å². The van der Waals surface area contributed by atoms with E-state index in [1.165, 1.54) is 24.3 Å². The zero-order chi connectivity index (χ0) is 30.0. The summed E-state index contributed by atoms with van der Waals surface area (Å²) in [6.45, 7) is 7.49. The summed E-state index contributed by atoms with van der Waals surface area (Å²) in [6.07, 6.45) is 0.545. The minimum Gasteiger partial charge on any atom is -0.485 e. The summed E-state index contributed by atoms with van der Waals surface area (Å²) < 4.78 is 78.7. The number of benzene rings is 3. The highest BCUT2D eigenvalue weighted by Crippen LogP contribution is 2.37. The summed E-state index contributed by atoms with van der Waals surface area (Å²) in [5.41, 5.74) is -5.29. The third-order valence-corrected chi connectivity index (χ3v) is 7.47. The van der Waals surface area contributed by atoms with E-state index in [1.54, 1.807) is 31.7 Å². The fourth-order valence-electron chi connectivity index (χ4n) is 4.62. The molecule has 1 aliphatic heterocycles. The van der Waals surface area contributed by atoms with E-state index in [0.717, 1.165) is 16.3 Å². The lowest BCUT2D eigenvalue weighted by molar-refractivity contribution is -0.0510. The third kappa shape index (κ3) is 7.13. The molecular weight excluding hydrogens is 559 g/mol. The van der Waals surface area contributed by atoms with Crippen molar-refractivity contribution >= 4 is 32.7 Å². The van der Waals surface area contributed by atoms with Crippen molar-refractivity contribution in [1.82, 2.24) is 4.90 Å². The number of ether oxygens (including phenoxy) is 2. The highest BCUT2D eigenvalue weighted by atomic mass is 32.2. The van der Waals surface area contributed by atoms with E-state index in [-0.39, 0.29) is 30.3 Å². The van der Waals surface area contributed by atoms with Crippen LogP contribution in [0.25, 0.3) is 16.5 Å².